The summed E-state index contributed by atoms with van der Waals surface area (Å²) in [7, 11) is 0. The number of hydrogen-bond donors (Lipinski definition) is 1. The van der Waals surface area contributed by atoms with Crippen molar-refractivity contribution in [2.75, 3.05) is 19.9 Å². The van der Waals surface area contributed by atoms with Crippen molar-refractivity contribution in [3.8, 4) is 11.5 Å². The Kier molecular flexibility index (Phi) is 4.69. The summed E-state index contributed by atoms with van der Waals surface area (Å²) in [5.41, 5.74) is 0.909. The molecule has 2 heterocycles. The molecule has 2 aliphatic heterocycles. The molecule has 3 rings (SSSR count). The third-order valence-electron chi connectivity index (χ3n) is 4.43. The lowest BCUT2D eigenvalue weighted by molar-refractivity contribution is -0.137. The van der Waals surface area contributed by atoms with Crippen LogP contribution in [0.2, 0.25) is 0 Å². The first-order valence-corrected chi connectivity index (χ1v) is 8.00. The van der Waals surface area contributed by atoms with E-state index in [1.54, 1.807) is 0 Å². The molecular formula is C17H21NO5. The van der Waals surface area contributed by atoms with Gasteiger partial charge in [0.05, 0.1) is 6.42 Å². The summed E-state index contributed by atoms with van der Waals surface area (Å²) in [4.78, 5) is 25.0. The first-order valence-electron chi connectivity index (χ1n) is 8.00. The van der Waals surface area contributed by atoms with Gasteiger partial charge in [0.1, 0.15) is 0 Å². The number of benzene rings is 1. The topological polar surface area (TPSA) is 76.1 Å². The van der Waals surface area contributed by atoms with Crippen LogP contribution in [0.15, 0.2) is 18.2 Å². The predicted molar refractivity (Wildman–Crippen MR) is 82.4 cm³/mol. The van der Waals surface area contributed by atoms with Crippen molar-refractivity contribution in [3.63, 3.8) is 0 Å². The summed E-state index contributed by atoms with van der Waals surface area (Å²) in [5.74, 6) is 1.01. The Hall–Kier alpha value is -2.24. The molecule has 0 aliphatic carbocycles. The molecular weight excluding hydrogens is 298 g/mol. The number of nitrogens with zero attached hydrogens (tertiary/aromatic N) is 1. The Bertz CT molecular complexity index is 601. The van der Waals surface area contributed by atoms with Gasteiger partial charge in [0.2, 0.25) is 12.7 Å². The van der Waals surface area contributed by atoms with E-state index in [0.29, 0.717) is 36.8 Å². The molecule has 2 aliphatic rings. The van der Waals surface area contributed by atoms with Gasteiger partial charge in [-0.25, -0.2) is 0 Å². The number of ether oxygens (including phenoxy) is 2. The fourth-order valence-corrected chi connectivity index (χ4v) is 3.19. The lowest BCUT2D eigenvalue weighted by Crippen LogP contribution is -2.40. The minimum absolute atomic E-state index is 0.0869. The lowest BCUT2D eigenvalue weighted by Gasteiger charge is -2.32. The predicted octanol–water partition coefficient (Wildman–Crippen LogP) is 2.06. The van der Waals surface area contributed by atoms with Gasteiger partial charge in [0.15, 0.2) is 11.5 Å². The number of aliphatic carboxylic acids is 1. The van der Waals surface area contributed by atoms with Crippen LogP contribution in [0.4, 0.5) is 0 Å². The van der Waals surface area contributed by atoms with Crippen molar-refractivity contribution in [1.29, 1.82) is 0 Å². The normalized spacial score (nSPS) is 19.7. The number of rotatable bonds is 5. The number of carboxylic acid groups (broad SMARTS) is 1. The van der Waals surface area contributed by atoms with Crippen molar-refractivity contribution >= 4 is 11.9 Å². The Morgan fingerprint density at radius 3 is 2.91 bits per heavy atom. The Morgan fingerprint density at radius 2 is 2.09 bits per heavy atom. The van der Waals surface area contributed by atoms with Crippen molar-refractivity contribution in [2.45, 2.75) is 32.1 Å². The van der Waals surface area contributed by atoms with E-state index in [-0.39, 0.29) is 19.1 Å². The van der Waals surface area contributed by atoms with E-state index in [1.807, 2.05) is 23.1 Å². The third-order valence-corrected chi connectivity index (χ3v) is 4.43. The van der Waals surface area contributed by atoms with E-state index in [0.717, 1.165) is 24.9 Å². The summed E-state index contributed by atoms with van der Waals surface area (Å²) >= 11 is 0. The fourth-order valence-electron chi connectivity index (χ4n) is 3.19. The molecule has 1 amide bonds. The minimum atomic E-state index is -0.770. The molecule has 0 spiro atoms. The van der Waals surface area contributed by atoms with Crippen LogP contribution in [0.25, 0.3) is 0 Å². The van der Waals surface area contributed by atoms with Gasteiger partial charge in [0.25, 0.3) is 0 Å². The van der Waals surface area contributed by atoms with Gasteiger partial charge >= 0.3 is 5.97 Å². The van der Waals surface area contributed by atoms with E-state index in [2.05, 4.69) is 0 Å². The highest BCUT2D eigenvalue weighted by atomic mass is 16.7. The van der Waals surface area contributed by atoms with Crippen LogP contribution in [0.1, 0.15) is 31.2 Å². The number of carbonyl (C=O) groups excluding carboxylic acids is 1. The highest BCUT2D eigenvalue weighted by Crippen LogP contribution is 2.32. The number of fused-ring (bicyclic) bond motifs is 1. The van der Waals surface area contributed by atoms with Gasteiger partial charge < -0.3 is 19.5 Å². The summed E-state index contributed by atoms with van der Waals surface area (Å²) < 4.78 is 10.6. The molecule has 1 atom stereocenters. The van der Waals surface area contributed by atoms with Gasteiger partial charge in [-0.15, -0.1) is 0 Å². The lowest BCUT2D eigenvalue weighted by atomic mass is 9.93. The molecule has 1 unspecified atom stereocenters. The van der Waals surface area contributed by atoms with Gasteiger partial charge in [-0.05, 0) is 42.9 Å². The van der Waals surface area contributed by atoms with E-state index in [4.69, 9.17) is 14.6 Å². The molecule has 0 aromatic heterocycles. The molecule has 1 fully saturated rings. The molecule has 6 heteroatoms. The van der Waals surface area contributed by atoms with Gasteiger partial charge in [-0.1, -0.05) is 6.07 Å². The van der Waals surface area contributed by atoms with Crippen LogP contribution >= 0.6 is 0 Å². The van der Waals surface area contributed by atoms with Crippen LogP contribution in [-0.2, 0) is 16.0 Å². The van der Waals surface area contributed by atoms with Gasteiger partial charge in [0, 0.05) is 19.5 Å². The van der Waals surface area contributed by atoms with Crippen LogP contribution in [-0.4, -0.2) is 41.8 Å². The maximum Gasteiger partial charge on any atom is 0.303 e. The van der Waals surface area contributed by atoms with E-state index >= 15 is 0 Å². The monoisotopic (exact) mass is 319 g/mol. The first-order chi connectivity index (χ1) is 11.1. The van der Waals surface area contributed by atoms with Crippen molar-refractivity contribution in [2.24, 2.45) is 5.92 Å². The standard InChI is InChI=1S/C17H21NO5/c19-16(9-13-3-5-14-15(8-13)23-11-22-14)18-7-1-2-12(10-18)4-6-17(20)21/h3,5,8,12H,1-2,4,6-7,9-11H2,(H,20,21). The highest BCUT2D eigenvalue weighted by Gasteiger charge is 2.24. The number of carbonyl (C=O) groups is 2. The summed E-state index contributed by atoms with van der Waals surface area (Å²) in [6.07, 6.45) is 3.10. The Labute approximate surface area is 135 Å². The summed E-state index contributed by atoms with van der Waals surface area (Å²) in [6, 6.07) is 5.57. The zero-order chi connectivity index (χ0) is 16.2. The fraction of sp³-hybridized carbons (Fsp3) is 0.529. The van der Waals surface area contributed by atoms with Crippen LogP contribution < -0.4 is 9.47 Å². The number of amides is 1. The van der Waals surface area contributed by atoms with Crippen LogP contribution in [0.5, 0.6) is 11.5 Å². The molecule has 23 heavy (non-hydrogen) atoms. The number of piperidine rings is 1. The molecule has 0 saturated carbocycles. The summed E-state index contributed by atoms with van der Waals surface area (Å²) in [5, 5.41) is 8.79. The molecule has 1 aromatic carbocycles. The molecule has 0 radical (unpaired) electrons. The highest BCUT2D eigenvalue weighted by molar-refractivity contribution is 5.79. The van der Waals surface area contributed by atoms with Crippen LogP contribution in [0.3, 0.4) is 0 Å². The smallest absolute Gasteiger partial charge is 0.303 e. The molecule has 6 nitrogen and oxygen atoms in total. The second-order valence-corrected chi connectivity index (χ2v) is 6.14. The zero-order valence-electron chi connectivity index (χ0n) is 13.0. The number of likely N-dealkylation sites (tertiary alicyclic amines) is 1. The van der Waals surface area contributed by atoms with E-state index < -0.39 is 5.97 Å². The molecule has 1 saturated heterocycles. The molecule has 0 bridgehead atoms. The number of hydrogen-bond acceptors (Lipinski definition) is 4. The maximum atomic E-state index is 12.5. The van der Waals surface area contributed by atoms with Crippen LogP contribution in [0, 0.1) is 5.92 Å². The molecule has 124 valence electrons. The second kappa shape index (κ2) is 6.89. The SMILES string of the molecule is O=C(O)CCC1CCCN(C(=O)Cc2ccc3c(c2)OCO3)C1. The maximum absolute atomic E-state index is 12.5. The minimum Gasteiger partial charge on any atom is -0.481 e. The molecule has 1 aromatic rings. The van der Waals surface area contributed by atoms with E-state index in [1.165, 1.54) is 0 Å². The van der Waals surface area contributed by atoms with Crippen molar-refractivity contribution in [1.82, 2.24) is 4.90 Å². The third kappa shape index (κ3) is 3.94. The van der Waals surface area contributed by atoms with Crippen molar-refractivity contribution in [3.05, 3.63) is 23.8 Å². The Morgan fingerprint density at radius 1 is 1.26 bits per heavy atom. The summed E-state index contributed by atoms with van der Waals surface area (Å²) in [6.45, 7) is 1.65. The second-order valence-electron chi connectivity index (χ2n) is 6.14. The first kappa shape index (κ1) is 15.6. The van der Waals surface area contributed by atoms with E-state index in [9.17, 15) is 9.59 Å². The van der Waals surface area contributed by atoms with Gasteiger partial charge in [-0.2, -0.15) is 0 Å². The average Bonchev–Trinajstić information content (AvgIpc) is 3.01. The van der Waals surface area contributed by atoms with Gasteiger partial charge in [-0.3, -0.25) is 9.59 Å². The quantitative estimate of drug-likeness (QED) is 0.899. The van der Waals surface area contributed by atoms with Crippen molar-refractivity contribution < 1.29 is 24.2 Å². The average molecular weight is 319 g/mol. The largest absolute Gasteiger partial charge is 0.481 e. The Balaban J connectivity index is 1.56. The zero-order valence-corrected chi connectivity index (χ0v) is 13.0. The molecule has 1 N–H and O–H groups in total. The number of carboxylic acids is 1.